The standard InChI is InChI=1S/C16H18BrClN2O/c1-16(2,3)20-10-11-4-7-15(19-9-11)21-14-6-5-12(17)8-13(14)18/h4-9,20H,10H2,1-3H3. The second kappa shape index (κ2) is 6.77. The highest BCUT2D eigenvalue weighted by molar-refractivity contribution is 9.10. The third kappa shape index (κ3) is 5.30. The minimum atomic E-state index is 0.0835. The van der Waals surface area contributed by atoms with Crippen molar-refractivity contribution in [2.24, 2.45) is 0 Å². The second-order valence-corrected chi connectivity index (χ2v) is 7.11. The summed E-state index contributed by atoms with van der Waals surface area (Å²) in [7, 11) is 0. The average Bonchev–Trinajstić information content (AvgIpc) is 2.40. The molecule has 112 valence electrons. The lowest BCUT2D eigenvalue weighted by Crippen LogP contribution is -2.35. The Morgan fingerprint density at radius 2 is 2.00 bits per heavy atom. The lowest BCUT2D eigenvalue weighted by Gasteiger charge is -2.20. The molecule has 1 aromatic heterocycles. The van der Waals surface area contributed by atoms with Gasteiger partial charge in [-0.15, -0.1) is 0 Å². The Balaban J connectivity index is 2.02. The molecule has 0 aliphatic carbocycles. The summed E-state index contributed by atoms with van der Waals surface area (Å²) in [6.07, 6.45) is 1.81. The largest absolute Gasteiger partial charge is 0.437 e. The van der Waals surface area contributed by atoms with Crippen molar-refractivity contribution in [2.45, 2.75) is 32.9 Å². The number of ether oxygens (including phenoxy) is 1. The number of rotatable bonds is 4. The molecule has 0 bridgehead atoms. The van der Waals surface area contributed by atoms with Gasteiger partial charge in [-0.25, -0.2) is 4.98 Å². The summed E-state index contributed by atoms with van der Waals surface area (Å²) in [6, 6.07) is 9.32. The number of nitrogens with zero attached hydrogens (tertiary/aromatic N) is 1. The number of hydrogen-bond donors (Lipinski definition) is 1. The van der Waals surface area contributed by atoms with E-state index < -0.39 is 0 Å². The van der Waals surface area contributed by atoms with Gasteiger partial charge < -0.3 is 10.1 Å². The summed E-state index contributed by atoms with van der Waals surface area (Å²) in [5.74, 6) is 1.12. The highest BCUT2D eigenvalue weighted by atomic mass is 79.9. The molecule has 0 unspecified atom stereocenters. The molecule has 5 heteroatoms. The van der Waals surface area contributed by atoms with E-state index in [-0.39, 0.29) is 5.54 Å². The zero-order valence-corrected chi connectivity index (χ0v) is 14.6. The van der Waals surface area contributed by atoms with Gasteiger partial charge in [0.05, 0.1) is 5.02 Å². The van der Waals surface area contributed by atoms with Gasteiger partial charge in [0.1, 0.15) is 5.75 Å². The van der Waals surface area contributed by atoms with E-state index in [0.29, 0.717) is 16.7 Å². The Morgan fingerprint density at radius 3 is 2.57 bits per heavy atom. The van der Waals surface area contributed by atoms with Crippen molar-refractivity contribution in [3.05, 3.63) is 51.6 Å². The molecule has 0 saturated carbocycles. The highest BCUT2D eigenvalue weighted by Crippen LogP contribution is 2.30. The van der Waals surface area contributed by atoms with Gasteiger partial charge in [-0.2, -0.15) is 0 Å². The van der Waals surface area contributed by atoms with Crippen LogP contribution >= 0.6 is 27.5 Å². The van der Waals surface area contributed by atoms with Gasteiger partial charge in [0, 0.05) is 28.8 Å². The van der Waals surface area contributed by atoms with Crippen molar-refractivity contribution in [3.8, 4) is 11.6 Å². The normalized spacial score (nSPS) is 11.5. The smallest absolute Gasteiger partial charge is 0.219 e. The molecule has 0 aliphatic rings. The topological polar surface area (TPSA) is 34.1 Å². The Kier molecular flexibility index (Phi) is 5.25. The fourth-order valence-electron chi connectivity index (χ4n) is 1.61. The molecule has 1 N–H and O–H groups in total. The highest BCUT2D eigenvalue weighted by Gasteiger charge is 2.09. The van der Waals surface area contributed by atoms with Gasteiger partial charge in [0.15, 0.2) is 0 Å². The van der Waals surface area contributed by atoms with E-state index >= 15 is 0 Å². The lowest BCUT2D eigenvalue weighted by molar-refractivity contribution is 0.423. The van der Waals surface area contributed by atoms with Crippen LogP contribution in [0.4, 0.5) is 0 Å². The van der Waals surface area contributed by atoms with Crippen molar-refractivity contribution in [1.82, 2.24) is 10.3 Å². The van der Waals surface area contributed by atoms with Gasteiger partial charge in [-0.05, 0) is 44.5 Å². The average molecular weight is 370 g/mol. The van der Waals surface area contributed by atoms with Crippen molar-refractivity contribution < 1.29 is 4.74 Å². The van der Waals surface area contributed by atoms with E-state index in [1.807, 2.05) is 24.3 Å². The van der Waals surface area contributed by atoms with Crippen molar-refractivity contribution >= 4 is 27.5 Å². The van der Waals surface area contributed by atoms with Crippen molar-refractivity contribution in [2.75, 3.05) is 0 Å². The third-order valence-electron chi connectivity index (χ3n) is 2.73. The number of aromatic nitrogens is 1. The van der Waals surface area contributed by atoms with Crippen LogP contribution < -0.4 is 10.1 Å². The van der Waals surface area contributed by atoms with Crippen molar-refractivity contribution in [3.63, 3.8) is 0 Å². The Morgan fingerprint density at radius 1 is 1.24 bits per heavy atom. The minimum absolute atomic E-state index is 0.0835. The predicted octanol–water partition coefficient (Wildman–Crippen LogP) is 5.18. The molecule has 0 amide bonds. The van der Waals surface area contributed by atoms with E-state index in [1.165, 1.54) is 0 Å². The van der Waals surface area contributed by atoms with Gasteiger partial charge in [0.25, 0.3) is 0 Å². The summed E-state index contributed by atoms with van der Waals surface area (Å²) in [6.45, 7) is 7.17. The SMILES string of the molecule is CC(C)(C)NCc1ccc(Oc2ccc(Br)cc2Cl)nc1. The third-order valence-corrected chi connectivity index (χ3v) is 3.52. The fourth-order valence-corrected chi connectivity index (χ4v) is 2.33. The second-order valence-electron chi connectivity index (χ2n) is 5.79. The van der Waals surface area contributed by atoms with Crippen LogP contribution in [-0.4, -0.2) is 10.5 Å². The predicted molar refractivity (Wildman–Crippen MR) is 90.1 cm³/mol. The maximum atomic E-state index is 6.12. The summed E-state index contributed by atoms with van der Waals surface area (Å²) >= 11 is 9.48. The molecule has 0 radical (unpaired) electrons. The Hall–Kier alpha value is -1.10. The minimum Gasteiger partial charge on any atom is -0.437 e. The molecule has 0 fully saturated rings. The van der Waals surface area contributed by atoms with Crippen LogP contribution in [0.1, 0.15) is 26.3 Å². The fraction of sp³-hybridized carbons (Fsp3) is 0.312. The molecule has 1 aromatic carbocycles. The molecule has 2 aromatic rings. The lowest BCUT2D eigenvalue weighted by atomic mass is 10.1. The zero-order valence-electron chi connectivity index (χ0n) is 12.3. The monoisotopic (exact) mass is 368 g/mol. The van der Waals surface area contributed by atoms with Gasteiger partial charge in [-0.1, -0.05) is 33.6 Å². The van der Waals surface area contributed by atoms with Crippen molar-refractivity contribution in [1.29, 1.82) is 0 Å². The van der Waals surface area contributed by atoms with Gasteiger partial charge in [0.2, 0.25) is 5.88 Å². The first kappa shape index (κ1) is 16.3. The van der Waals surface area contributed by atoms with E-state index in [2.05, 4.69) is 47.0 Å². The Bertz CT molecular complexity index is 609. The number of pyridine rings is 1. The first-order valence-electron chi connectivity index (χ1n) is 6.66. The number of halogens is 2. The summed E-state index contributed by atoms with van der Waals surface area (Å²) in [4.78, 5) is 4.31. The number of benzene rings is 1. The Labute approximate surface area is 138 Å². The van der Waals surface area contributed by atoms with E-state index in [1.54, 1.807) is 12.3 Å². The summed E-state index contributed by atoms with van der Waals surface area (Å²) in [5, 5.41) is 3.96. The molecule has 0 aliphatic heterocycles. The first-order valence-corrected chi connectivity index (χ1v) is 7.83. The number of nitrogens with one attached hydrogen (secondary N) is 1. The molecule has 1 heterocycles. The molecular formula is C16H18BrClN2O. The van der Waals surface area contributed by atoms with Crippen LogP contribution in [-0.2, 0) is 6.54 Å². The maximum absolute atomic E-state index is 6.12. The van der Waals surface area contributed by atoms with Crippen LogP contribution in [0.15, 0.2) is 41.0 Å². The molecule has 3 nitrogen and oxygen atoms in total. The molecule has 2 rings (SSSR count). The zero-order chi connectivity index (χ0) is 15.5. The maximum Gasteiger partial charge on any atom is 0.219 e. The van der Waals surface area contributed by atoms with E-state index in [0.717, 1.165) is 16.6 Å². The summed E-state index contributed by atoms with van der Waals surface area (Å²) < 4.78 is 6.59. The van der Waals surface area contributed by atoms with Gasteiger partial charge >= 0.3 is 0 Å². The molecule has 0 saturated heterocycles. The number of hydrogen-bond acceptors (Lipinski definition) is 3. The van der Waals surface area contributed by atoms with E-state index in [4.69, 9.17) is 16.3 Å². The van der Waals surface area contributed by atoms with Crippen LogP contribution in [0.3, 0.4) is 0 Å². The molecular weight excluding hydrogens is 352 g/mol. The van der Waals surface area contributed by atoms with Crippen LogP contribution in [0.5, 0.6) is 11.6 Å². The molecule has 0 atom stereocenters. The van der Waals surface area contributed by atoms with Crippen LogP contribution in [0, 0.1) is 0 Å². The molecule has 0 spiro atoms. The van der Waals surface area contributed by atoms with Crippen LogP contribution in [0.25, 0.3) is 0 Å². The van der Waals surface area contributed by atoms with Crippen LogP contribution in [0.2, 0.25) is 5.02 Å². The van der Waals surface area contributed by atoms with Gasteiger partial charge in [-0.3, -0.25) is 0 Å². The first-order chi connectivity index (χ1) is 9.83. The summed E-state index contributed by atoms with van der Waals surface area (Å²) in [5.41, 5.74) is 1.19. The molecule has 21 heavy (non-hydrogen) atoms. The van der Waals surface area contributed by atoms with E-state index in [9.17, 15) is 0 Å². The quantitative estimate of drug-likeness (QED) is 0.806.